The van der Waals surface area contributed by atoms with Gasteiger partial charge in [-0.3, -0.25) is 14.6 Å². The summed E-state index contributed by atoms with van der Waals surface area (Å²) in [4.78, 5) is 27.9. The van der Waals surface area contributed by atoms with Crippen molar-refractivity contribution in [2.24, 2.45) is 0 Å². The molecule has 0 spiro atoms. The fourth-order valence-corrected chi connectivity index (χ4v) is 2.80. The van der Waals surface area contributed by atoms with Gasteiger partial charge in [0.05, 0.1) is 11.3 Å². The minimum absolute atomic E-state index is 0.0330. The van der Waals surface area contributed by atoms with Gasteiger partial charge in [0, 0.05) is 24.2 Å². The van der Waals surface area contributed by atoms with Gasteiger partial charge in [-0.2, -0.15) is 0 Å². The number of nitrogens with one attached hydrogen (secondary N) is 1. The predicted molar refractivity (Wildman–Crippen MR) is 84.8 cm³/mol. The zero-order chi connectivity index (χ0) is 15.6. The van der Waals surface area contributed by atoms with Crippen molar-refractivity contribution in [3.8, 4) is 0 Å². The fourth-order valence-electron chi connectivity index (χ4n) is 2.80. The monoisotopic (exact) mass is 294 g/mol. The second-order valence-corrected chi connectivity index (χ2v) is 5.85. The Morgan fingerprint density at radius 2 is 1.91 bits per heavy atom. The highest BCUT2D eigenvalue weighted by Crippen LogP contribution is 2.51. The van der Waals surface area contributed by atoms with Crippen molar-refractivity contribution < 1.29 is 9.59 Å². The highest BCUT2D eigenvalue weighted by molar-refractivity contribution is 6.03. The first-order chi connectivity index (χ1) is 10.6. The van der Waals surface area contributed by atoms with Crippen LogP contribution in [0.25, 0.3) is 0 Å². The molecule has 1 amide bonds. The summed E-state index contributed by atoms with van der Waals surface area (Å²) in [5.41, 5.74) is 2.16. The minimum atomic E-state index is -0.104. The number of nitrogens with zero attached hydrogens (tertiary/aromatic N) is 1. The zero-order valence-electron chi connectivity index (χ0n) is 12.5. The van der Waals surface area contributed by atoms with Gasteiger partial charge >= 0.3 is 0 Å². The zero-order valence-corrected chi connectivity index (χ0v) is 12.5. The quantitative estimate of drug-likeness (QED) is 0.860. The second-order valence-electron chi connectivity index (χ2n) is 5.85. The van der Waals surface area contributed by atoms with Gasteiger partial charge in [0.1, 0.15) is 0 Å². The summed E-state index contributed by atoms with van der Waals surface area (Å²) in [7, 11) is 0. The number of aromatic nitrogens is 1. The molecule has 1 N–H and O–H groups in total. The van der Waals surface area contributed by atoms with Crippen LogP contribution in [0.2, 0.25) is 0 Å². The maximum Gasteiger partial charge on any atom is 0.225 e. The summed E-state index contributed by atoms with van der Waals surface area (Å²) in [5.74, 6) is -0.164. The molecule has 0 bridgehead atoms. The van der Waals surface area contributed by atoms with Crippen molar-refractivity contribution in [1.82, 2.24) is 4.98 Å². The number of carbonyl (C=O) groups is 2. The molecule has 3 rings (SSSR count). The van der Waals surface area contributed by atoms with Crippen LogP contribution in [-0.2, 0) is 10.2 Å². The normalized spacial score (nSPS) is 15.1. The maximum absolute atomic E-state index is 12.4. The Hall–Kier alpha value is -2.49. The van der Waals surface area contributed by atoms with E-state index in [2.05, 4.69) is 22.4 Å². The molecule has 1 aromatic heterocycles. The van der Waals surface area contributed by atoms with E-state index in [0.717, 1.165) is 12.8 Å². The number of hydrogen-bond donors (Lipinski definition) is 1. The van der Waals surface area contributed by atoms with Crippen LogP contribution in [0.1, 0.15) is 42.1 Å². The molecule has 1 saturated carbocycles. The Labute approximate surface area is 129 Å². The van der Waals surface area contributed by atoms with Crippen molar-refractivity contribution in [1.29, 1.82) is 0 Å². The molecule has 1 fully saturated rings. The maximum atomic E-state index is 12.4. The van der Waals surface area contributed by atoms with Gasteiger partial charge < -0.3 is 5.32 Å². The minimum Gasteiger partial charge on any atom is -0.325 e. The Morgan fingerprint density at radius 1 is 1.18 bits per heavy atom. The fraction of sp³-hybridized carbons (Fsp3) is 0.278. The second kappa shape index (κ2) is 5.72. The summed E-state index contributed by atoms with van der Waals surface area (Å²) in [6.45, 7) is 1.47. The molecule has 0 radical (unpaired) electrons. The van der Waals surface area contributed by atoms with E-state index in [0.29, 0.717) is 17.7 Å². The van der Waals surface area contributed by atoms with E-state index in [4.69, 9.17) is 0 Å². The number of amides is 1. The molecule has 4 heteroatoms. The summed E-state index contributed by atoms with van der Waals surface area (Å²) in [5, 5.41) is 2.86. The average Bonchev–Trinajstić information content (AvgIpc) is 3.29. The van der Waals surface area contributed by atoms with Crippen LogP contribution in [-0.4, -0.2) is 16.7 Å². The van der Waals surface area contributed by atoms with Crippen molar-refractivity contribution >= 4 is 17.4 Å². The Morgan fingerprint density at radius 3 is 2.55 bits per heavy atom. The van der Waals surface area contributed by atoms with Gasteiger partial charge in [-0.05, 0) is 31.4 Å². The van der Waals surface area contributed by atoms with E-state index in [1.807, 2.05) is 18.2 Å². The molecule has 4 nitrogen and oxygen atoms in total. The van der Waals surface area contributed by atoms with Crippen LogP contribution >= 0.6 is 0 Å². The van der Waals surface area contributed by atoms with E-state index in [-0.39, 0.29) is 17.1 Å². The third-order valence-corrected chi connectivity index (χ3v) is 4.21. The van der Waals surface area contributed by atoms with Gasteiger partial charge in [-0.25, -0.2) is 0 Å². The van der Waals surface area contributed by atoms with Gasteiger partial charge in [-0.1, -0.05) is 30.3 Å². The first-order valence-electron chi connectivity index (χ1n) is 7.41. The van der Waals surface area contributed by atoms with Crippen molar-refractivity contribution in [3.63, 3.8) is 0 Å². The van der Waals surface area contributed by atoms with E-state index < -0.39 is 0 Å². The number of hydrogen-bond acceptors (Lipinski definition) is 3. The van der Waals surface area contributed by atoms with E-state index in [9.17, 15) is 9.59 Å². The van der Waals surface area contributed by atoms with Crippen molar-refractivity contribution in [2.45, 2.75) is 31.6 Å². The number of anilines is 1. The Kier molecular flexibility index (Phi) is 3.75. The molecular formula is C18H18N2O2. The Bertz CT molecular complexity index is 706. The number of Topliss-reactive ketones (excluding diaryl/α,β-unsaturated/α-hetero) is 1. The molecule has 0 aliphatic heterocycles. The molecule has 112 valence electrons. The van der Waals surface area contributed by atoms with Gasteiger partial charge in [0.2, 0.25) is 5.91 Å². The van der Waals surface area contributed by atoms with Crippen LogP contribution in [0, 0.1) is 0 Å². The highest BCUT2D eigenvalue weighted by Gasteiger charge is 2.45. The highest BCUT2D eigenvalue weighted by atomic mass is 16.1. The molecule has 1 aliphatic carbocycles. The van der Waals surface area contributed by atoms with Crippen LogP contribution in [0.3, 0.4) is 0 Å². The summed E-state index contributed by atoms with van der Waals surface area (Å²) in [6, 6.07) is 11.8. The molecular weight excluding hydrogens is 276 g/mol. The molecule has 0 unspecified atom stereocenters. The number of ketones is 1. The van der Waals surface area contributed by atoms with Crippen LogP contribution in [0.4, 0.5) is 5.69 Å². The smallest absolute Gasteiger partial charge is 0.225 e. The number of rotatable bonds is 5. The summed E-state index contributed by atoms with van der Waals surface area (Å²) in [6.07, 6.45) is 5.56. The summed E-state index contributed by atoms with van der Waals surface area (Å²) < 4.78 is 0. The van der Waals surface area contributed by atoms with E-state index in [1.165, 1.54) is 18.7 Å². The van der Waals surface area contributed by atoms with E-state index >= 15 is 0 Å². The largest absolute Gasteiger partial charge is 0.325 e. The topological polar surface area (TPSA) is 59.1 Å². The summed E-state index contributed by atoms with van der Waals surface area (Å²) >= 11 is 0. The van der Waals surface area contributed by atoms with Crippen LogP contribution in [0.5, 0.6) is 0 Å². The van der Waals surface area contributed by atoms with Crippen LogP contribution in [0.15, 0.2) is 48.8 Å². The molecule has 0 atom stereocenters. The Balaban J connectivity index is 1.73. The standard InChI is InChI=1S/C18H18N2O2/c1-13(21)15-12-19-10-7-16(15)20-17(22)11-18(8-9-18)14-5-3-2-4-6-14/h2-7,10,12H,8-9,11H2,1H3,(H,19,20,22). The molecule has 1 aromatic carbocycles. The lowest BCUT2D eigenvalue weighted by atomic mass is 9.92. The first kappa shape index (κ1) is 14.4. The molecule has 0 saturated heterocycles. The first-order valence-corrected chi connectivity index (χ1v) is 7.41. The number of benzene rings is 1. The third kappa shape index (κ3) is 2.91. The number of pyridine rings is 1. The van der Waals surface area contributed by atoms with Crippen LogP contribution < -0.4 is 5.32 Å². The number of carbonyl (C=O) groups excluding carboxylic acids is 2. The third-order valence-electron chi connectivity index (χ3n) is 4.21. The molecule has 2 aromatic rings. The van der Waals surface area contributed by atoms with Crippen molar-refractivity contribution in [2.75, 3.05) is 5.32 Å². The lowest BCUT2D eigenvalue weighted by Crippen LogP contribution is -2.21. The van der Waals surface area contributed by atoms with E-state index in [1.54, 1.807) is 12.3 Å². The van der Waals surface area contributed by atoms with Gasteiger partial charge in [0.25, 0.3) is 0 Å². The lowest BCUT2D eigenvalue weighted by molar-refractivity contribution is -0.116. The average molecular weight is 294 g/mol. The van der Waals surface area contributed by atoms with Gasteiger partial charge in [0.15, 0.2) is 5.78 Å². The molecule has 22 heavy (non-hydrogen) atoms. The molecule has 1 aliphatic rings. The van der Waals surface area contributed by atoms with Gasteiger partial charge in [-0.15, -0.1) is 0 Å². The SMILES string of the molecule is CC(=O)c1cnccc1NC(=O)CC1(c2ccccc2)CC1. The lowest BCUT2D eigenvalue weighted by Gasteiger charge is -2.16. The van der Waals surface area contributed by atoms with Crippen molar-refractivity contribution in [3.05, 3.63) is 59.9 Å². The molecule has 1 heterocycles. The predicted octanol–water partition coefficient (Wildman–Crippen LogP) is 3.34.